The van der Waals surface area contributed by atoms with Crippen LogP contribution in [0, 0.1) is 0 Å². The average Bonchev–Trinajstić information content (AvgIpc) is 3.17. The second-order valence-electron chi connectivity index (χ2n) is 5.32. The van der Waals surface area contributed by atoms with Gasteiger partial charge in [0.2, 0.25) is 0 Å². The van der Waals surface area contributed by atoms with Gasteiger partial charge in [-0.1, -0.05) is 6.07 Å². The number of hydrogen-bond donors (Lipinski definition) is 1. The highest BCUT2D eigenvalue weighted by atomic mass is 32.1. The maximum atomic E-state index is 12.7. The van der Waals surface area contributed by atoms with Gasteiger partial charge in [0.1, 0.15) is 10.7 Å². The minimum Gasteiger partial charge on any atom is -0.391 e. The van der Waals surface area contributed by atoms with Crippen LogP contribution < -0.4 is 0 Å². The lowest BCUT2D eigenvalue weighted by Gasteiger charge is -2.37. The minimum atomic E-state index is -0.496. The van der Waals surface area contributed by atoms with Crippen LogP contribution in [0.5, 0.6) is 0 Å². The molecular weight excluding hydrogens is 304 g/mol. The highest BCUT2D eigenvalue weighted by Gasteiger charge is 2.31. The molecule has 1 aliphatic rings. The number of aliphatic hydroxyl groups is 1. The molecule has 3 rings (SSSR count). The highest BCUT2D eigenvalue weighted by molar-refractivity contribution is 7.20. The molecule has 1 N–H and O–H groups in total. The molecule has 0 radical (unpaired) electrons. The molecule has 1 fully saturated rings. The minimum absolute atomic E-state index is 0.0559. The Kier molecular flexibility index (Phi) is 4.37. The lowest BCUT2D eigenvalue weighted by atomic mass is 9.98. The monoisotopic (exact) mass is 322 g/mol. The number of likely N-dealkylation sites (tertiary alicyclic amines) is 1. The summed E-state index contributed by atoms with van der Waals surface area (Å²) in [7, 11) is 0. The van der Waals surface area contributed by atoms with Gasteiger partial charge in [-0.05, 0) is 37.6 Å². The molecule has 0 spiro atoms. The van der Waals surface area contributed by atoms with Crippen molar-refractivity contribution in [2.24, 2.45) is 0 Å². The van der Waals surface area contributed by atoms with Gasteiger partial charge in [0.15, 0.2) is 0 Å². The second-order valence-corrected chi connectivity index (χ2v) is 7.12. The molecule has 21 heavy (non-hydrogen) atoms. The van der Waals surface area contributed by atoms with Gasteiger partial charge in [-0.3, -0.25) is 4.79 Å². The van der Waals surface area contributed by atoms with E-state index in [9.17, 15) is 9.90 Å². The zero-order valence-electron chi connectivity index (χ0n) is 11.9. The van der Waals surface area contributed by atoms with E-state index in [1.807, 2.05) is 22.9 Å². The predicted molar refractivity (Wildman–Crippen MR) is 85.8 cm³/mol. The Bertz CT molecular complexity index is 607. The molecule has 2 unspecified atom stereocenters. The van der Waals surface area contributed by atoms with Crippen molar-refractivity contribution in [1.82, 2.24) is 9.88 Å². The maximum absolute atomic E-state index is 12.7. The average molecular weight is 322 g/mol. The van der Waals surface area contributed by atoms with Crippen LogP contribution in [0.2, 0.25) is 0 Å². The zero-order chi connectivity index (χ0) is 14.8. The molecule has 4 nitrogen and oxygen atoms in total. The first-order chi connectivity index (χ1) is 10.2. The number of carbonyl (C=O) groups excluding carboxylic acids is 1. The number of rotatable bonds is 3. The molecule has 2 aromatic rings. The third-order valence-corrected chi connectivity index (χ3v) is 5.70. The Morgan fingerprint density at radius 2 is 2.33 bits per heavy atom. The van der Waals surface area contributed by atoms with Gasteiger partial charge in [-0.2, -0.15) is 0 Å². The van der Waals surface area contributed by atoms with E-state index >= 15 is 0 Å². The lowest BCUT2D eigenvalue weighted by molar-refractivity contribution is 0.0277. The molecule has 1 saturated heterocycles. The number of piperidine rings is 1. The van der Waals surface area contributed by atoms with Crippen LogP contribution >= 0.6 is 22.7 Å². The van der Waals surface area contributed by atoms with E-state index in [-0.39, 0.29) is 11.9 Å². The molecule has 3 heterocycles. The van der Waals surface area contributed by atoms with E-state index in [4.69, 9.17) is 0 Å². The fourth-order valence-corrected chi connectivity index (χ4v) is 4.35. The summed E-state index contributed by atoms with van der Waals surface area (Å²) in [5.74, 6) is -0.0559. The summed E-state index contributed by atoms with van der Waals surface area (Å²) in [4.78, 5) is 20.0. The number of aromatic nitrogens is 1. The molecule has 1 amide bonds. The Labute approximate surface area is 132 Å². The standard InChI is InChI=1S/C15H18N2O2S2/c1-10(18)12-5-2-3-7-17(12)15(19)11-9-21-14(16-11)13-6-4-8-20-13/h4,6,8-10,12,18H,2-3,5,7H2,1H3. The molecule has 0 aliphatic carbocycles. The summed E-state index contributed by atoms with van der Waals surface area (Å²) >= 11 is 3.12. The number of amides is 1. The van der Waals surface area contributed by atoms with Gasteiger partial charge in [0, 0.05) is 11.9 Å². The SMILES string of the molecule is CC(O)C1CCCCN1C(=O)c1csc(-c2cccs2)n1. The van der Waals surface area contributed by atoms with Crippen molar-refractivity contribution in [1.29, 1.82) is 0 Å². The third kappa shape index (κ3) is 3.02. The molecule has 112 valence electrons. The number of aliphatic hydroxyl groups excluding tert-OH is 1. The van der Waals surface area contributed by atoms with Crippen LogP contribution in [-0.2, 0) is 0 Å². The fourth-order valence-electron chi connectivity index (χ4n) is 2.74. The summed E-state index contributed by atoms with van der Waals surface area (Å²) in [6.45, 7) is 2.47. The predicted octanol–water partition coefficient (Wildman–Crippen LogP) is 3.25. The molecule has 0 saturated carbocycles. The van der Waals surface area contributed by atoms with Crippen molar-refractivity contribution in [3.05, 3.63) is 28.6 Å². The fraction of sp³-hybridized carbons (Fsp3) is 0.467. The first-order valence-corrected chi connectivity index (χ1v) is 8.91. The maximum Gasteiger partial charge on any atom is 0.273 e. The van der Waals surface area contributed by atoms with Crippen molar-refractivity contribution < 1.29 is 9.90 Å². The molecule has 2 aromatic heterocycles. The van der Waals surface area contributed by atoms with Gasteiger partial charge >= 0.3 is 0 Å². The Morgan fingerprint density at radius 3 is 3.05 bits per heavy atom. The van der Waals surface area contributed by atoms with Crippen molar-refractivity contribution >= 4 is 28.6 Å². The van der Waals surface area contributed by atoms with Gasteiger partial charge in [0.25, 0.3) is 5.91 Å². The van der Waals surface area contributed by atoms with Crippen molar-refractivity contribution in [3.8, 4) is 9.88 Å². The van der Waals surface area contributed by atoms with E-state index in [0.29, 0.717) is 12.2 Å². The second kappa shape index (κ2) is 6.25. The van der Waals surface area contributed by atoms with Gasteiger partial charge in [-0.15, -0.1) is 22.7 Å². The summed E-state index contributed by atoms with van der Waals surface area (Å²) in [5, 5.41) is 14.6. The quantitative estimate of drug-likeness (QED) is 0.944. The Hall–Kier alpha value is -1.24. The Balaban J connectivity index is 1.81. The van der Waals surface area contributed by atoms with Crippen molar-refractivity contribution in [3.63, 3.8) is 0 Å². The number of carbonyl (C=O) groups is 1. The van der Waals surface area contributed by atoms with E-state index in [0.717, 1.165) is 29.1 Å². The first kappa shape index (κ1) is 14.7. The lowest BCUT2D eigenvalue weighted by Crippen LogP contribution is -2.49. The molecule has 2 atom stereocenters. The number of hydrogen-bond acceptors (Lipinski definition) is 5. The largest absolute Gasteiger partial charge is 0.391 e. The molecule has 0 aromatic carbocycles. The van der Waals surface area contributed by atoms with Crippen LogP contribution in [0.3, 0.4) is 0 Å². The summed E-state index contributed by atoms with van der Waals surface area (Å²) < 4.78 is 0. The van der Waals surface area contributed by atoms with Crippen molar-refractivity contribution in [2.45, 2.75) is 38.3 Å². The van der Waals surface area contributed by atoms with Gasteiger partial charge in [0.05, 0.1) is 17.0 Å². The summed E-state index contributed by atoms with van der Waals surface area (Å²) in [6.07, 6.45) is 2.43. The third-order valence-electron chi connectivity index (χ3n) is 3.82. The first-order valence-electron chi connectivity index (χ1n) is 7.15. The Morgan fingerprint density at radius 1 is 1.48 bits per heavy atom. The normalized spacial score (nSPS) is 20.5. The van der Waals surface area contributed by atoms with Crippen LogP contribution in [-0.4, -0.2) is 39.6 Å². The molecular formula is C15H18N2O2S2. The van der Waals surface area contributed by atoms with Gasteiger partial charge < -0.3 is 10.0 Å². The van der Waals surface area contributed by atoms with Crippen molar-refractivity contribution in [2.75, 3.05) is 6.54 Å². The van der Waals surface area contributed by atoms with E-state index in [2.05, 4.69) is 4.98 Å². The van der Waals surface area contributed by atoms with E-state index in [1.165, 1.54) is 11.3 Å². The van der Waals surface area contributed by atoms with Crippen LogP contribution in [0.4, 0.5) is 0 Å². The smallest absolute Gasteiger partial charge is 0.273 e. The summed E-state index contributed by atoms with van der Waals surface area (Å²) in [6, 6.07) is 3.91. The van der Waals surface area contributed by atoms with Gasteiger partial charge in [-0.25, -0.2) is 4.98 Å². The van der Waals surface area contributed by atoms with Crippen LogP contribution in [0.1, 0.15) is 36.7 Å². The zero-order valence-corrected chi connectivity index (χ0v) is 13.5. The summed E-state index contributed by atoms with van der Waals surface area (Å²) in [5.41, 5.74) is 0.496. The number of thiazole rings is 1. The van der Waals surface area contributed by atoms with Crippen LogP contribution in [0.25, 0.3) is 9.88 Å². The topological polar surface area (TPSA) is 53.4 Å². The highest BCUT2D eigenvalue weighted by Crippen LogP contribution is 2.29. The number of thiophene rings is 1. The molecule has 6 heteroatoms. The van der Waals surface area contributed by atoms with E-state index < -0.39 is 6.10 Å². The number of nitrogens with zero attached hydrogens (tertiary/aromatic N) is 2. The van der Waals surface area contributed by atoms with Crippen LogP contribution in [0.15, 0.2) is 22.9 Å². The molecule has 0 bridgehead atoms. The van der Waals surface area contributed by atoms with E-state index in [1.54, 1.807) is 23.2 Å². The molecule has 1 aliphatic heterocycles.